The summed E-state index contributed by atoms with van der Waals surface area (Å²) in [7, 11) is 0. The first-order chi connectivity index (χ1) is 7.16. The third kappa shape index (κ3) is 2.21. The van der Waals surface area contributed by atoms with Gasteiger partial charge in [-0.25, -0.2) is 15.0 Å². The van der Waals surface area contributed by atoms with Crippen molar-refractivity contribution in [3.05, 3.63) is 28.3 Å². The van der Waals surface area contributed by atoms with Crippen LogP contribution in [0.5, 0.6) is 0 Å². The molecule has 2 aromatic heterocycles. The van der Waals surface area contributed by atoms with Crippen molar-refractivity contribution in [2.45, 2.75) is 0 Å². The molecule has 0 saturated carbocycles. The summed E-state index contributed by atoms with van der Waals surface area (Å²) in [4.78, 5) is 16.1. The van der Waals surface area contributed by atoms with E-state index in [9.17, 15) is 0 Å². The summed E-state index contributed by atoms with van der Waals surface area (Å²) in [6.45, 7) is 0. The lowest BCUT2D eigenvalue weighted by Crippen LogP contribution is -1.97. The topological polar surface area (TPSA) is 77.6 Å². The van der Waals surface area contributed by atoms with E-state index in [4.69, 9.17) is 17.3 Å². The van der Waals surface area contributed by atoms with Gasteiger partial charge in [-0.2, -0.15) is 0 Å². The molecule has 2 aromatic rings. The van der Waals surface area contributed by atoms with Gasteiger partial charge in [-0.1, -0.05) is 11.6 Å². The number of hydrogen-bond acceptors (Lipinski definition) is 5. The molecule has 0 aliphatic heterocycles. The Morgan fingerprint density at radius 2 is 1.87 bits per heavy atom. The monoisotopic (exact) mass is 285 g/mol. The lowest BCUT2D eigenvalue weighted by Gasteiger charge is -2.01. The maximum absolute atomic E-state index is 5.71. The molecule has 0 aliphatic rings. The lowest BCUT2D eigenvalue weighted by molar-refractivity contribution is 1.13. The second-order valence-corrected chi connectivity index (χ2v) is 3.80. The van der Waals surface area contributed by atoms with Crippen molar-refractivity contribution in [1.82, 2.24) is 19.9 Å². The fourth-order valence-corrected chi connectivity index (χ4v) is 1.41. The van der Waals surface area contributed by atoms with Crippen molar-refractivity contribution in [3.63, 3.8) is 0 Å². The Balaban J connectivity index is 2.50. The second-order valence-electron chi connectivity index (χ2n) is 2.66. The highest BCUT2D eigenvalue weighted by atomic mass is 79.9. The second kappa shape index (κ2) is 4.08. The van der Waals surface area contributed by atoms with E-state index >= 15 is 0 Å². The maximum Gasteiger partial charge on any atom is 0.156 e. The molecule has 2 rings (SSSR count). The minimum Gasteiger partial charge on any atom is -0.381 e. The Hall–Kier alpha value is -1.27. The van der Waals surface area contributed by atoms with Crippen LogP contribution in [-0.2, 0) is 0 Å². The van der Waals surface area contributed by atoms with Crippen LogP contribution in [0.3, 0.4) is 0 Å². The van der Waals surface area contributed by atoms with E-state index < -0.39 is 0 Å². The van der Waals surface area contributed by atoms with Crippen molar-refractivity contribution >= 4 is 33.3 Å². The van der Waals surface area contributed by atoms with Crippen molar-refractivity contribution in [2.75, 3.05) is 5.73 Å². The van der Waals surface area contributed by atoms with E-state index in [1.165, 1.54) is 12.4 Å². The van der Waals surface area contributed by atoms with Gasteiger partial charge in [0.25, 0.3) is 0 Å². The molecular formula is C8H5BrClN5. The fraction of sp³-hybridized carbons (Fsp3) is 0. The van der Waals surface area contributed by atoms with Gasteiger partial charge in [0.05, 0.1) is 18.6 Å². The van der Waals surface area contributed by atoms with Gasteiger partial charge in [-0.05, 0) is 15.9 Å². The molecule has 2 N–H and O–H groups in total. The molecule has 0 amide bonds. The Labute approximate surface area is 98.9 Å². The van der Waals surface area contributed by atoms with Gasteiger partial charge >= 0.3 is 0 Å². The SMILES string of the molecule is Nc1ncc(-c2cncc(Cl)n2)nc1Br. The van der Waals surface area contributed by atoms with E-state index in [1.54, 1.807) is 6.20 Å². The van der Waals surface area contributed by atoms with Gasteiger partial charge < -0.3 is 5.73 Å². The van der Waals surface area contributed by atoms with E-state index in [2.05, 4.69) is 35.9 Å². The molecule has 76 valence electrons. The molecular weight excluding hydrogens is 281 g/mol. The summed E-state index contributed by atoms with van der Waals surface area (Å²) >= 11 is 8.89. The van der Waals surface area contributed by atoms with Crippen LogP contribution in [0, 0.1) is 0 Å². The summed E-state index contributed by atoms with van der Waals surface area (Å²) in [5.74, 6) is 0.328. The highest BCUT2D eigenvalue weighted by Gasteiger charge is 2.06. The highest BCUT2D eigenvalue weighted by Crippen LogP contribution is 2.19. The third-order valence-electron chi connectivity index (χ3n) is 1.62. The summed E-state index contributed by atoms with van der Waals surface area (Å²) in [6.07, 6.45) is 4.52. The number of halogens is 2. The van der Waals surface area contributed by atoms with Gasteiger partial charge in [0, 0.05) is 0 Å². The first kappa shape index (κ1) is 10.3. The zero-order valence-corrected chi connectivity index (χ0v) is 9.70. The number of anilines is 1. The van der Waals surface area contributed by atoms with Crippen molar-refractivity contribution in [1.29, 1.82) is 0 Å². The number of rotatable bonds is 1. The molecule has 0 atom stereocenters. The maximum atomic E-state index is 5.71. The highest BCUT2D eigenvalue weighted by molar-refractivity contribution is 9.10. The van der Waals surface area contributed by atoms with Gasteiger partial charge in [0.15, 0.2) is 5.82 Å². The molecule has 5 nitrogen and oxygen atoms in total. The number of nitrogens with two attached hydrogens (primary N) is 1. The quantitative estimate of drug-likeness (QED) is 0.866. The first-order valence-corrected chi connectivity index (χ1v) is 5.10. The zero-order chi connectivity index (χ0) is 10.8. The van der Waals surface area contributed by atoms with Gasteiger partial charge in [0.2, 0.25) is 0 Å². The molecule has 0 spiro atoms. The third-order valence-corrected chi connectivity index (χ3v) is 2.39. The number of aromatic nitrogens is 4. The molecule has 0 fully saturated rings. The van der Waals surface area contributed by atoms with Crippen molar-refractivity contribution in [3.8, 4) is 11.4 Å². The first-order valence-electron chi connectivity index (χ1n) is 3.93. The van der Waals surface area contributed by atoms with Gasteiger partial charge in [-0.15, -0.1) is 0 Å². The van der Waals surface area contributed by atoms with E-state index in [-0.39, 0.29) is 0 Å². The molecule has 0 radical (unpaired) electrons. The van der Waals surface area contributed by atoms with Crippen LogP contribution in [0.2, 0.25) is 5.15 Å². The molecule has 0 aliphatic carbocycles. The standard InChI is InChI=1S/C8H5BrClN5/c9-7-8(11)13-2-5(15-7)4-1-12-3-6(10)14-4/h1-3H,(H2,11,13). The number of hydrogen-bond donors (Lipinski definition) is 1. The minimum absolute atomic E-state index is 0.308. The Kier molecular flexibility index (Phi) is 2.79. The van der Waals surface area contributed by atoms with Crippen LogP contribution in [0.25, 0.3) is 11.4 Å². The predicted octanol–water partition coefficient (Wildman–Crippen LogP) is 1.93. The van der Waals surface area contributed by atoms with Gasteiger partial charge in [-0.3, -0.25) is 4.98 Å². The molecule has 2 heterocycles. The Morgan fingerprint density at radius 1 is 1.13 bits per heavy atom. The minimum atomic E-state index is 0.308. The van der Waals surface area contributed by atoms with Crippen LogP contribution in [0.15, 0.2) is 23.2 Å². The van der Waals surface area contributed by atoms with Crippen LogP contribution < -0.4 is 5.73 Å². The number of nitrogen functional groups attached to an aromatic ring is 1. The summed E-state index contributed by atoms with van der Waals surface area (Å²) in [5.41, 5.74) is 6.63. The Bertz CT molecular complexity index is 504. The smallest absolute Gasteiger partial charge is 0.156 e. The predicted molar refractivity (Wildman–Crippen MR) is 60.2 cm³/mol. The van der Waals surface area contributed by atoms with E-state index in [0.717, 1.165) is 0 Å². The van der Waals surface area contributed by atoms with Crippen LogP contribution in [0.4, 0.5) is 5.82 Å². The zero-order valence-electron chi connectivity index (χ0n) is 7.35. The molecule has 0 unspecified atom stereocenters. The normalized spacial score (nSPS) is 10.3. The number of nitrogens with zero attached hydrogens (tertiary/aromatic N) is 4. The van der Waals surface area contributed by atoms with E-state index in [1.807, 2.05) is 0 Å². The van der Waals surface area contributed by atoms with Crippen LogP contribution in [-0.4, -0.2) is 19.9 Å². The lowest BCUT2D eigenvalue weighted by atomic mass is 10.3. The largest absolute Gasteiger partial charge is 0.381 e. The van der Waals surface area contributed by atoms with Crippen molar-refractivity contribution in [2.24, 2.45) is 0 Å². The Morgan fingerprint density at radius 3 is 2.53 bits per heavy atom. The summed E-state index contributed by atoms with van der Waals surface area (Å²) < 4.78 is 0.474. The molecule has 7 heteroatoms. The average Bonchev–Trinajstić information content (AvgIpc) is 2.22. The summed E-state index contributed by atoms with van der Waals surface area (Å²) in [6, 6.07) is 0. The van der Waals surface area contributed by atoms with Crippen LogP contribution in [0.1, 0.15) is 0 Å². The molecule has 0 saturated heterocycles. The van der Waals surface area contributed by atoms with E-state index in [0.29, 0.717) is 27.0 Å². The van der Waals surface area contributed by atoms with Crippen LogP contribution >= 0.6 is 27.5 Å². The average molecular weight is 287 g/mol. The van der Waals surface area contributed by atoms with Crippen molar-refractivity contribution < 1.29 is 0 Å². The van der Waals surface area contributed by atoms with Gasteiger partial charge in [0.1, 0.15) is 21.1 Å². The fourth-order valence-electron chi connectivity index (χ4n) is 0.965. The molecule has 0 aromatic carbocycles. The summed E-state index contributed by atoms with van der Waals surface area (Å²) in [5, 5.41) is 0.308. The molecule has 15 heavy (non-hydrogen) atoms. The molecule has 0 bridgehead atoms.